The number of H-pyrrole nitrogens is 1. The number of nitrogens with zero attached hydrogens (tertiary/aromatic N) is 3. The highest BCUT2D eigenvalue weighted by molar-refractivity contribution is 5.36. The van der Waals surface area contributed by atoms with Crippen molar-refractivity contribution >= 4 is 5.65 Å². The summed E-state index contributed by atoms with van der Waals surface area (Å²) < 4.78 is 1.35. The van der Waals surface area contributed by atoms with Crippen LogP contribution >= 0.6 is 0 Å². The van der Waals surface area contributed by atoms with Crippen LogP contribution in [-0.2, 0) is 6.42 Å². The Morgan fingerprint density at radius 2 is 2.46 bits per heavy atom. The van der Waals surface area contributed by atoms with Gasteiger partial charge in [-0.3, -0.25) is 0 Å². The molecule has 2 aromatic heterocycles. The lowest BCUT2D eigenvalue weighted by Gasteiger charge is -1.96. The van der Waals surface area contributed by atoms with Crippen LogP contribution in [0.15, 0.2) is 17.2 Å². The first-order valence-corrected chi connectivity index (χ1v) is 3.93. The summed E-state index contributed by atoms with van der Waals surface area (Å²) in [6, 6.07) is 1.74. The van der Waals surface area contributed by atoms with Gasteiger partial charge in [0, 0.05) is 18.2 Å². The van der Waals surface area contributed by atoms with Crippen molar-refractivity contribution in [2.24, 2.45) is 5.73 Å². The molecule has 2 heterocycles. The minimum Gasteiger partial charge on any atom is -0.330 e. The van der Waals surface area contributed by atoms with E-state index in [9.17, 15) is 4.79 Å². The SMILES string of the molecule is NCCc1cc2n[nH]c(=O)n2cn1. The van der Waals surface area contributed by atoms with Crippen LogP contribution < -0.4 is 11.4 Å². The highest BCUT2D eigenvalue weighted by Crippen LogP contribution is 1.98. The van der Waals surface area contributed by atoms with E-state index in [1.807, 2.05) is 0 Å². The zero-order valence-electron chi connectivity index (χ0n) is 6.90. The second kappa shape index (κ2) is 2.98. The summed E-state index contributed by atoms with van der Waals surface area (Å²) in [5.74, 6) is 0. The van der Waals surface area contributed by atoms with Gasteiger partial charge in [-0.05, 0) is 6.54 Å². The zero-order chi connectivity index (χ0) is 9.26. The topological polar surface area (TPSA) is 89.1 Å². The Labute approximate surface area is 73.4 Å². The smallest absolute Gasteiger partial charge is 0.330 e. The lowest BCUT2D eigenvalue weighted by molar-refractivity contribution is 0.896. The second-order valence-corrected chi connectivity index (χ2v) is 2.68. The third-order valence-electron chi connectivity index (χ3n) is 1.77. The Morgan fingerprint density at radius 3 is 3.23 bits per heavy atom. The highest BCUT2D eigenvalue weighted by atomic mass is 16.1. The number of nitrogens with one attached hydrogen (secondary N) is 1. The Balaban J connectivity index is 2.57. The maximum absolute atomic E-state index is 11.0. The van der Waals surface area contributed by atoms with Crippen LogP contribution in [0.2, 0.25) is 0 Å². The molecule has 0 aliphatic rings. The monoisotopic (exact) mass is 179 g/mol. The Hall–Kier alpha value is -1.69. The van der Waals surface area contributed by atoms with Crippen LogP contribution in [0.1, 0.15) is 5.69 Å². The van der Waals surface area contributed by atoms with Crippen LogP contribution in [0.3, 0.4) is 0 Å². The fourth-order valence-electron chi connectivity index (χ4n) is 1.13. The second-order valence-electron chi connectivity index (χ2n) is 2.68. The fraction of sp³-hybridized carbons (Fsp3) is 0.286. The van der Waals surface area contributed by atoms with E-state index in [0.717, 1.165) is 5.69 Å². The first-order chi connectivity index (χ1) is 6.31. The summed E-state index contributed by atoms with van der Waals surface area (Å²) in [4.78, 5) is 15.1. The first-order valence-electron chi connectivity index (χ1n) is 3.93. The van der Waals surface area contributed by atoms with E-state index in [-0.39, 0.29) is 5.69 Å². The molecule has 0 atom stereocenters. The lowest BCUT2D eigenvalue weighted by Crippen LogP contribution is -2.11. The van der Waals surface area contributed by atoms with Gasteiger partial charge in [0.25, 0.3) is 0 Å². The summed E-state index contributed by atoms with van der Waals surface area (Å²) in [5.41, 5.74) is 6.51. The number of hydrogen-bond acceptors (Lipinski definition) is 4. The molecule has 2 aromatic rings. The van der Waals surface area contributed by atoms with Crippen molar-refractivity contribution in [2.75, 3.05) is 6.54 Å². The van der Waals surface area contributed by atoms with E-state index < -0.39 is 0 Å². The van der Waals surface area contributed by atoms with Gasteiger partial charge < -0.3 is 5.73 Å². The number of nitrogens with two attached hydrogens (primary N) is 1. The van der Waals surface area contributed by atoms with Crippen molar-refractivity contribution in [2.45, 2.75) is 6.42 Å². The summed E-state index contributed by atoms with van der Waals surface area (Å²) in [7, 11) is 0. The Morgan fingerprint density at radius 1 is 1.62 bits per heavy atom. The molecule has 0 aromatic carbocycles. The molecule has 2 rings (SSSR count). The van der Waals surface area contributed by atoms with E-state index >= 15 is 0 Å². The average molecular weight is 179 g/mol. The predicted molar refractivity (Wildman–Crippen MR) is 46.4 cm³/mol. The van der Waals surface area contributed by atoms with E-state index in [1.54, 1.807) is 6.07 Å². The lowest BCUT2D eigenvalue weighted by atomic mass is 10.3. The molecule has 0 fully saturated rings. The molecule has 13 heavy (non-hydrogen) atoms. The van der Waals surface area contributed by atoms with Gasteiger partial charge in [0.1, 0.15) is 6.33 Å². The van der Waals surface area contributed by atoms with Crippen LogP contribution in [-0.4, -0.2) is 26.1 Å². The molecule has 0 aliphatic heterocycles. The fourth-order valence-corrected chi connectivity index (χ4v) is 1.13. The van der Waals surface area contributed by atoms with E-state index in [1.165, 1.54) is 10.7 Å². The van der Waals surface area contributed by atoms with Gasteiger partial charge in [-0.2, -0.15) is 5.10 Å². The summed E-state index contributed by atoms with van der Waals surface area (Å²) >= 11 is 0. The number of rotatable bonds is 2. The van der Waals surface area contributed by atoms with Crippen molar-refractivity contribution in [3.05, 3.63) is 28.6 Å². The molecule has 68 valence electrons. The van der Waals surface area contributed by atoms with Gasteiger partial charge in [0.2, 0.25) is 0 Å². The molecular formula is C7H9N5O. The molecule has 0 aliphatic carbocycles. The number of aromatic nitrogens is 4. The predicted octanol–water partition coefficient (Wildman–Crippen LogP) is -1.08. The third-order valence-corrected chi connectivity index (χ3v) is 1.77. The normalized spacial score (nSPS) is 10.8. The molecule has 6 heteroatoms. The van der Waals surface area contributed by atoms with Gasteiger partial charge in [0.05, 0.1) is 0 Å². The minimum atomic E-state index is -0.276. The Bertz CT molecular complexity index is 471. The van der Waals surface area contributed by atoms with Crippen molar-refractivity contribution in [1.29, 1.82) is 0 Å². The highest BCUT2D eigenvalue weighted by Gasteiger charge is 2.00. The van der Waals surface area contributed by atoms with Crippen LogP contribution in [0.4, 0.5) is 0 Å². The molecular weight excluding hydrogens is 170 g/mol. The van der Waals surface area contributed by atoms with Crippen LogP contribution in [0, 0.1) is 0 Å². The van der Waals surface area contributed by atoms with Crippen molar-refractivity contribution < 1.29 is 0 Å². The maximum Gasteiger partial charge on any atom is 0.348 e. The van der Waals surface area contributed by atoms with E-state index in [0.29, 0.717) is 18.6 Å². The average Bonchev–Trinajstić information content (AvgIpc) is 2.48. The van der Waals surface area contributed by atoms with Crippen molar-refractivity contribution in [3.8, 4) is 0 Å². The Kier molecular flexibility index (Phi) is 1.82. The zero-order valence-corrected chi connectivity index (χ0v) is 6.90. The van der Waals surface area contributed by atoms with Gasteiger partial charge in [-0.15, -0.1) is 0 Å². The number of hydrogen-bond donors (Lipinski definition) is 2. The van der Waals surface area contributed by atoms with E-state index in [2.05, 4.69) is 15.2 Å². The van der Waals surface area contributed by atoms with Crippen molar-refractivity contribution in [1.82, 2.24) is 19.6 Å². The largest absolute Gasteiger partial charge is 0.348 e. The molecule has 0 spiro atoms. The van der Waals surface area contributed by atoms with Crippen molar-refractivity contribution in [3.63, 3.8) is 0 Å². The summed E-state index contributed by atoms with van der Waals surface area (Å²) in [6.07, 6.45) is 2.14. The van der Waals surface area contributed by atoms with Gasteiger partial charge in [-0.25, -0.2) is 19.3 Å². The maximum atomic E-state index is 11.0. The summed E-state index contributed by atoms with van der Waals surface area (Å²) in [6.45, 7) is 0.540. The molecule has 0 amide bonds. The third kappa shape index (κ3) is 1.31. The molecule has 0 bridgehead atoms. The molecule has 0 unspecified atom stereocenters. The van der Waals surface area contributed by atoms with Crippen LogP contribution in [0.5, 0.6) is 0 Å². The quantitative estimate of drug-likeness (QED) is 0.613. The molecule has 0 saturated carbocycles. The summed E-state index contributed by atoms with van der Waals surface area (Å²) in [5, 5.41) is 6.14. The number of aromatic amines is 1. The van der Waals surface area contributed by atoms with Gasteiger partial charge in [-0.1, -0.05) is 0 Å². The van der Waals surface area contributed by atoms with Gasteiger partial charge >= 0.3 is 5.69 Å². The standard InChI is InChI=1S/C7H9N5O/c8-2-1-5-3-6-10-11-7(13)12(6)4-9-5/h3-4H,1-2,8H2,(H,11,13). The first kappa shape index (κ1) is 7.93. The number of fused-ring (bicyclic) bond motifs is 1. The van der Waals surface area contributed by atoms with Gasteiger partial charge in [0.15, 0.2) is 5.65 Å². The molecule has 6 nitrogen and oxygen atoms in total. The molecule has 0 radical (unpaired) electrons. The molecule has 0 saturated heterocycles. The molecule has 3 N–H and O–H groups in total. The van der Waals surface area contributed by atoms with Crippen LogP contribution in [0.25, 0.3) is 5.65 Å². The minimum absolute atomic E-state index is 0.276. The van der Waals surface area contributed by atoms with E-state index in [4.69, 9.17) is 5.73 Å².